The topological polar surface area (TPSA) is 67.6 Å². The Morgan fingerprint density at radius 2 is 2.12 bits per heavy atom. The first-order valence-electron chi connectivity index (χ1n) is 9.62. The molecule has 2 fully saturated rings. The highest BCUT2D eigenvalue weighted by molar-refractivity contribution is 6.31. The summed E-state index contributed by atoms with van der Waals surface area (Å²) in [6.07, 6.45) is 3.95. The van der Waals surface area contributed by atoms with Crippen LogP contribution >= 0.6 is 11.6 Å². The number of rotatable bonds is 5. The van der Waals surface area contributed by atoms with Gasteiger partial charge in [-0.25, -0.2) is 0 Å². The summed E-state index contributed by atoms with van der Waals surface area (Å²) >= 11 is 6.46. The average Bonchev–Trinajstić information content (AvgIpc) is 2.63. The summed E-state index contributed by atoms with van der Waals surface area (Å²) in [6.45, 7) is 5.63. The summed E-state index contributed by atoms with van der Waals surface area (Å²) in [7, 11) is 0. The molecule has 0 radical (unpaired) electrons. The molecule has 0 spiro atoms. The normalized spacial score (nSPS) is 28.5. The molecule has 0 aromatic heterocycles. The molecule has 1 amide bonds. The van der Waals surface area contributed by atoms with Crippen LogP contribution in [-0.4, -0.2) is 49.2 Å². The molecule has 1 saturated carbocycles. The van der Waals surface area contributed by atoms with Crippen molar-refractivity contribution in [3.63, 3.8) is 0 Å². The van der Waals surface area contributed by atoms with Crippen LogP contribution in [0.15, 0.2) is 24.3 Å². The van der Waals surface area contributed by atoms with E-state index in [0.717, 1.165) is 49.4 Å². The fourth-order valence-electron chi connectivity index (χ4n) is 4.18. The van der Waals surface area contributed by atoms with Gasteiger partial charge >= 0.3 is 0 Å². The molecule has 6 heteroatoms. The Kier molecular flexibility index (Phi) is 6.56. The van der Waals surface area contributed by atoms with E-state index in [1.165, 1.54) is 0 Å². The van der Waals surface area contributed by atoms with E-state index < -0.39 is 5.54 Å². The number of morpholine rings is 1. The zero-order valence-electron chi connectivity index (χ0n) is 15.5. The maximum absolute atomic E-state index is 12.8. The molecule has 1 heterocycles. The number of ether oxygens (including phenoxy) is 1. The van der Waals surface area contributed by atoms with Crippen molar-refractivity contribution in [3.05, 3.63) is 34.9 Å². The van der Waals surface area contributed by atoms with Crippen molar-refractivity contribution >= 4 is 17.5 Å². The smallest absolute Gasteiger partial charge is 0.225 e. The second kappa shape index (κ2) is 8.70. The van der Waals surface area contributed by atoms with Gasteiger partial charge in [-0.05, 0) is 31.4 Å². The zero-order valence-corrected chi connectivity index (χ0v) is 16.3. The van der Waals surface area contributed by atoms with E-state index in [4.69, 9.17) is 22.1 Å². The lowest BCUT2D eigenvalue weighted by molar-refractivity contribution is -0.128. The summed E-state index contributed by atoms with van der Waals surface area (Å²) in [6, 6.07) is 7.92. The van der Waals surface area contributed by atoms with E-state index in [1.54, 1.807) is 0 Å². The molecule has 3 atom stereocenters. The van der Waals surface area contributed by atoms with Gasteiger partial charge in [-0.15, -0.1) is 0 Å². The molecule has 1 aliphatic carbocycles. The number of carbonyl (C=O) groups is 1. The Balaban J connectivity index is 1.71. The number of benzene rings is 1. The van der Waals surface area contributed by atoms with Crippen molar-refractivity contribution in [1.82, 2.24) is 10.2 Å². The maximum Gasteiger partial charge on any atom is 0.225 e. The van der Waals surface area contributed by atoms with Crippen molar-refractivity contribution in [2.45, 2.75) is 44.2 Å². The van der Waals surface area contributed by atoms with Gasteiger partial charge in [-0.3, -0.25) is 9.69 Å². The van der Waals surface area contributed by atoms with Crippen LogP contribution in [0.4, 0.5) is 0 Å². The molecule has 5 nitrogen and oxygen atoms in total. The number of hydrogen-bond donors (Lipinski definition) is 2. The minimum absolute atomic E-state index is 0.0455. The van der Waals surface area contributed by atoms with E-state index in [1.807, 2.05) is 31.2 Å². The lowest BCUT2D eigenvalue weighted by atomic mass is 9.74. The summed E-state index contributed by atoms with van der Waals surface area (Å²) in [5.41, 5.74) is 7.03. The Morgan fingerprint density at radius 3 is 2.81 bits per heavy atom. The van der Waals surface area contributed by atoms with E-state index in [9.17, 15) is 4.79 Å². The predicted octanol–water partition coefficient (Wildman–Crippen LogP) is 2.74. The monoisotopic (exact) mass is 379 g/mol. The lowest BCUT2D eigenvalue weighted by Gasteiger charge is -2.39. The molecule has 1 aliphatic heterocycles. The highest BCUT2D eigenvalue weighted by atomic mass is 35.5. The molecule has 3 rings (SSSR count). The molecule has 2 aliphatic rings. The van der Waals surface area contributed by atoms with Crippen LogP contribution in [0.2, 0.25) is 5.02 Å². The molecule has 1 aromatic rings. The Hall–Kier alpha value is -1.14. The maximum atomic E-state index is 12.8. The second-order valence-electron chi connectivity index (χ2n) is 7.73. The first kappa shape index (κ1) is 19.6. The molecule has 26 heavy (non-hydrogen) atoms. The fraction of sp³-hybridized carbons (Fsp3) is 0.650. The van der Waals surface area contributed by atoms with Crippen molar-refractivity contribution in [3.8, 4) is 0 Å². The Bertz CT molecular complexity index is 617. The third-order valence-electron chi connectivity index (χ3n) is 5.79. The van der Waals surface area contributed by atoms with E-state index >= 15 is 0 Å². The van der Waals surface area contributed by atoms with Gasteiger partial charge < -0.3 is 15.8 Å². The van der Waals surface area contributed by atoms with Crippen molar-refractivity contribution in [1.29, 1.82) is 0 Å². The standard InChI is InChI=1S/C20H30ClN3O2/c1-20(22)9-5-4-7-16(20)19(25)23-14-18(24-10-12-26-13-11-24)15-6-2-3-8-17(15)21/h2-3,6,8,16,18H,4-5,7,9-14,22H2,1H3,(H,23,25). The van der Waals surface area contributed by atoms with Crippen LogP contribution in [0.1, 0.15) is 44.2 Å². The largest absolute Gasteiger partial charge is 0.379 e. The quantitative estimate of drug-likeness (QED) is 0.825. The molecule has 0 bridgehead atoms. The second-order valence-corrected chi connectivity index (χ2v) is 8.14. The lowest BCUT2D eigenvalue weighted by Crippen LogP contribution is -2.54. The van der Waals surface area contributed by atoms with Gasteiger partial charge in [0.1, 0.15) is 0 Å². The molecule has 1 aromatic carbocycles. The minimum atomic E-state index is -0.415. The Labute approximate surface area is 161 Å². The molecule has 144 valence electrons. The predicted molar refractivity (Wildman–Crippen MR) is 104 cm³/mol. The highest BCUT2D eigenvalue weighted by Gasteiger charge is 2.38. The SMILES string of the molecule is CC1(N)CCCCC1C(=O)NCC(c1ccccc1Cl)N1CCOCC1. The third kappa shape index (κ3) is 4.58. The first-order valence-corrected chi connectivity index (χ1v) is 9.99. The highest BCUT2D eigenvalue weighted by Crippen LogP contribution is 2.32. The zero-order chi connectivity index (χ0) is 18.6. The Morgan fingerprint density at radius 1 is 1.38 bits per heavy atom. The number of halogens is 1. The average molecular weight is 380 g/mol. The van der Waals surface area contributed by atoms with Gasteiger partial charge in [0.2, 0.25) is 5.91 Å². The third-order valence-corrected chi connectivity index (χ3v) is 6.14. The van der Waals surface area contributed by atoms with Gasteiger partial charge in [0, 0.05) is 30.2 Å². The fourth-order valence-corrected chi connectivity index (χ4v) is 4.44. The van der Waals surface area contributed by atoms with Crippen LogP contribution in [0.5, 0.6) is 0 Å². The van der Waals surface area contributed by atoms with Crippen molar-refractivity contribution in [2.24, 2.45) is 11.7 Å². The van der Waals surface area contributed by atoms with E-state index in [-0.39, 0.29) is 17.9 Å². The summed E-state index contributed by atoms with van der Waals surface area (Å²) in [4.78, 5) is 15.2. The van der Waals surface area contributed by atoms with Gasteiger partial charge in [0.15, 0.2) is 0 Å². The summed E-state index contributed by atoms with van der Waals surface area (Å²) in [5.74, 6) is -0.0483. The summed E-state index contributed by atoms with van der Waals surface area (Å²) in [5, 5.41) is 3.91. The van der Waals surface area contributed by atoms with Gasteiger partial charge in [0.05, 0.1) is 25.2 Å². The molecular weight excluding hydrogens is 350 g/mol. The van der Waals surface area contributed by atoms with E-state index in [2.05, 4.69) is 10.2 Å². The number of nitrogens with two attached hydrogens (primary N) is 1. The van der Waals surface area contributed by atoms with Gasteiger partial charge in [0.25, 0.3) is 0 Å². The van der Waals surface area contributed by atoms with Crippen LogP contribution in [0, 0.1) is 5.92 Å². The number of carbonyl (C=O) groups excluding carboxylic acids is 1. The van der Waals surface area contributed by atoms with Gasteiger partial charge in [-0.2, -0.15) is 0 Å². The number of nitrogens with one attached hydrogen (secondary N) is 1. The number of amides is 1. The van der Waals surface area contributed by atoms with Crippen molar-refractivity contribution < 1.29 is 9.53 Å². The van der Waals surface area contributed by atoms with Crippen LogP contribution in [-0.2, 0) is 9.53 Å². The summed E-state index contributed by atoms with van der Waals surface area (Å²) < 4.78 is 5.49. The molecule has 1 saturated heterocycles. The minimum Gasteiger partial charge on any atom is -0.379 e. The van der Waals surface area contributed by atoms with E-state index in [0.29, 0.717) is 19.8 Å². The van der Waals surface area contributed by atoms with Gasteiger partial charge in [-0.1, -0.05) is 42.6 Å². The van der Waals surface area contributed by atoms with Crippen LogP contribution < -0.4 is 11.1 Å². The molecule has 3 unspecified atom stereocenters. The van der Waals surface area contributed by atoms with Crippen LogP contribution in [0.3, 0.4) is 0 Å². The first-order chi connectivity index (χ1) is 12.5. The molecule has 3 N–H and O–H groups in total. The number of nitrogens with zero attached hydrogens (tertiary/aromatic N) is 1. The van der Waals surface area contributed by atoms with Crippen molar-refractivity contribution in [2.75, 3.05) is 32.8 Å². The number of hydrogen-bond acceptors (Lipinski definition) is 4. The van der Waals surface area contributed by atoms with Crippen LogP contribution in [0.25, 0.3) is 0 Å². The molecular formula is C20H30ClN3O2.